The fraction of sp³-hybridized carbons (Fsp3) is 0.438. The third-order valence-electron chi connectivity index (χ3n) is 4.21. The number of rotatable bonds is 3. The van der Waals surface area contributed by atoms with Crippen LogP contribution in [0.1, 0.15) is 18.9 Å². The zero-order valence-corrected chi connectivity index (χ0v) is 14.4. The molecule has 5 nitrogen and oxygen atoms in total. The van der Waals surface area contributed by atoms with E-state index in [4.69, 9.17) is 16.3 Å². The third-order valence-corrected chi connectivity index (χ3v) is 6.20. The largest absolute Gasteiger partial charge is 0.488 e. The maximum Gasteiger partial charge on any atom is 0.253 e. The molecule has 2 heterocycles. The van der Waals surface area contributed by atoms with Crippen LogP contribution < -0.4 is 4.74 Å². The molecule has 23 heavy (non-hydrogen) atoms. The number of hydrogen-bond donors (Lipinski definition) is 0. The second kappa shape index (κ2) is 6.17. The molecule has 1 aromatic rings. The number of fused-ring (bicyclic) bond motifs is 1. The number of sulfone groups is 1. The summed E-state index contributed by atoms with van der Waals surface area (Å²) in [6.45, 7) is 2.51. The number of hydrogen-bond acceptors (Lipinski definition) is 4. The molecule has 1 saturated heterocycles. The standard InChI is InChI=1S/C16H18ClNO4S/c1-2-18(14-5-6-23(20,21)10-14)16(19)12-7-11-8-13(17)3-4-15(11)22-9-12/h3-4,7-8,14H,2,5-6,9-10H2,1H3. The van der Waals surface area contributed by atoms with E-state index in [-0.39, 0.29) is 30.1 Å². The van der Waals surface area contributed by atoms with E-state index < -0.39 is 9.84 Å². The van der Waals surface area contributed by atoms with E-state index in [0.29, 0.717) is 29.3 Å². The summed E-state index contributed by atoms with van der Waals surface area (Å²) in [6, 6.07) is 5.01. The Morgan fingerprint density at radius 3 is 2.87 bits per heavy atom. The van der Waals surface area contributed by atoms with E-state index in [1.807, 2.05) is 6.92 Å². The first-order chi connectivity index (χ1) is 10.9. The van der Waals surface area contributed by atoms with Gasteiger partial charge in [-0.25, -0.2) is 8.42 Å². The zero-order valence-electron chi connectivity index (χ0n) is 12.8. The molecular formula is C16H18ClNO4S. The van der Waals surface area contributed by atoms with Gasteiger partial charge in [-0.1, -0.05) is 11.6 Å². The van der Waals surface area contributed by atoms with Crippen LogP contribution in [-0.4, -0.2) is 49.9 Å². The monoisotopic (exact) mass is 355 g/mol. The Hall–Kier alpha value is -1.53. The lowest BCUT2D eigenvalue weighted by molar-refractivity contribution is -0.129. The summed E-state index contributed by atoms with van der Waals surface area (Å²) in [6.07, 6.45) is 2.28. The summed E-state index contributed by atoms with van der Waals surface area (Å²) in [4.78, 5) is 14.4. The molecule has 3 rings (SSSR count). The SMILES string of the molecule is CCN(C(=O)C1=Cc2cc(Cl)ccc2OC1)C1CCS(=O)(=O)C1. The van der Waals surface area contributed by atoms with E-state index >= 15 is 0 Å². The van der Waals surface area contributed by atoms with Gasteiger partial charge in [-0.2, -0.15) is 0 Å². The first kappa shape index (κ1) is 16.3. The Bertz CT molecular complexity index is 772. The van der Waals surface area contributed by atoms with Crippen LogP contribution in [0.15, 0.2) is 23.8 Å². The van der Waals surface area contributed by atoms with E-state index in [9.17, 15) is 13.2 Å². The molecule has 1 amide bonds. The predicted octanol–water partition coefficient (Wildman–Crippen LogP) is 2.15. The molecule has 2 aliphatic heterocycles. The minimum atomic E-state index is -3.03. The first-order valence-electron chi connectivity index (χ1n) is 7.54. The maximum atomic E-state index is 12.8. The molecule has 0 aliphatic carbocycles. The summed E-state index contributed by atoms with van der Waals surface area (Å²) < 4.78 is 29.0. The second-order valence-electron chi connectivity index (χ2n) is 5.79. The van der Waals surface area contributed by atoms with Crippen LogP contribution in [0.25, 0.3) is 6.08 Å². The number of likely N-dealkylation sites (N-methyl/N-ethyl adjacent to an activating group) is 1. The topological polar surface area (TPSA) is 63.7 Å². The van der Waals surface area contributed by atoms with E-state index in [1.54, 1.807) is 29.2 Å². The molecule has 0 N–H and O–H groups in total. The molecule has 124 valence electrons. The van der Waals surface area contributed by atoms with Gasteiger partial charge in [0.25, 0.3) is 5.91 Å². The van der Waals surface area contributed by atoms with Gasteiger partial charge in [0.2, 0.25) is 0 Å². The summed E-state index contributed by atoms with van der Waals surface area (Å²) in [5, 5.41) is 0.575. The highest BCUT2D eigenvalue weighted by molar-refractivity contribution is 7.91. The molecule has 7 heteroatoms. The normalized spacial score (nSPS) is 22.0. The summed E-state index contributed by atoms with van der Waals surface area (Å²) in [7, 11) is -3.03. The highest BCUT2D eigenvalue weighted by atomic mass is 35.5. The molecule has 0 bridgehead atoms. The van der Waals surface area contributed by atoms with Crippen LogP contribution in [0.4, 0.5) is 0 Å². The van der Waals surface area contributed by atoms with Crippen molar-refractivity contribution in [2.24, 2.45) is 0 Å². The van der Waals surface area contributed by atoms with E-state index in [0.717, 1.165) is 5.56 Å². The minimum Gasteiger partial charge on any atom is -0.488 e. The average molecular weight is 356 g/mol. The van der Waals surface area contributed by atoms with Crippen molar-refractivity contribution < 1.29 is 17.9 Å². The molecule has 0 spiro atoms. The van der Waals surface area contributed by atoms with Crippen molar-refractivity contribution in [2.45, 2.75) is 19.4 Å². The summed E-state index contributed by atoms with van der Waals surface area (Å²) in [5.41, 5.74) is 1.29. The van der Waals surface area contributed by atoms with Gasteiger partial charge in [-0.15, -0.1) is 0 Å². The summed E-state index contributed by atoms with van der Waals surface area (Å²) >= 11 is 5.98. The lowest BCUT2D eigenvalue weighted by Crippen LogP contribution is -2.42. The average Bonchev–Trinajstić information content (AvgIpc) is 2.87. The van der Waals surface area contributed by atoms with Gasteiger partial charge in [0, 0.05) is 23.2 Å². The first-order valence-corrected chi connectivity index (χ1v) is 9.74. The van der Waals surface area contributed by atoms with Crippen molar-refractivity contribution in [2.75, 3.05) is 24.7 Å². The quantitative estimate of drug-likeness (QED) is 0.833. The minimum absolute atomic E-state index is 0.0448. The third kappa shape index (κ3) is 3.38. The van der Waals surface area contributed by atoms with Crippen LogP contribution in [-0.2, 0) is 14.6 Å². The van der Waals surface area contributed by atoms with Gasteiger partial charge in [0.1, 0.15) is 12.4 Å². The van der Waals surface area contributed by atoms with Crippen LogP contribution in [0.2, 0.25) is 5.02 Å². The highest BCUT2D eigenvalue weighted by Gasteiger charge is 2.35. The molecule has 0 aromatic heterocycles. The van der Waals surface area contributed by atoms with E-state index in [1.165, 1.54) is 0 Å². The maximum absolute atomic E-state index is 12.8. The fourth-order valence-electron chi connectivity index (χ4n) is 3.05. The van der Waals surface area contributed by atoms with Crippen molar-refractivity contribution in [1.29, 1.82) is 0 Å². The van der Waals surface area contributed by atoms with Crippen molar-refractivity contribution in [1.82, 2.24) is 4.90 Å². The van der Waals surface area contributed by atoms with Crippen molar-refractivity contribution in [3.8, 4) is 5.75 Å². The van der Waals surface area contributed by atoms with Crippen LogP contribution in [0.5, 0.6) is 5.75 Å². The molecule has 1 atom stereocenters. The molecule has 0 saturated carbocycles. The Labute approximate surface area is 140 Å². The second-order valence-corrected chi connectivity index (χ2v) is 8.45. The Morgan fingerprint density at radius 1 is 1.43 bits per heavy atom. The highest BCUT2D eigenvalue weighted by Crippen LogP contribution is 2.30. The van der Waals surface area contributed by atoms with Gasteiger partial charge in [-0.3, -0.25) is 4.79 Å². The number of benzene rings is 1. The lowest BCUT2D eigenvalue weighted by atomic mass is 10.1. The zero-order chi connectivity index (χ0) is 16.6. The van der Waals surface area contributed by atoms with Crippen LogP contribution in [0, 0.1) is 0 Å². The Kier molecular flexibility index (Phi) is 4.38. The molecule has 1 unspecified atom stereocenters. The van der Waals surface area contributed by atoms with Crippen LogP contribution >= 0.6 is 11.6 Å². The smallest absolute Gasteiger partial charge is 0.253 e. The Balaban J connectivity index is 1.84. The van der Waals surface area contributed by atoms with Gasteiger partial charge in [-0.05, 0) is 37.6 Å². The molecule has 1 fully saturated rings. The number of nitrogens with zero attached hydrogens (tertiary/aromatic N) is 1. The molecular weight excluding hydrogens is 338 g/mol. The molecule has 0 radical (unpaired) electrons. The summed E-state index contributed by atoms with van der Waals surface area (Å²) in [5.74, 6) is 0.719. The Morgan fingerprint density at radius 2 is 2.22 bits per heavy atom. The fourth-order valence-corrected chi connectivity index (χ4v) is 4.96. The van der Waals surface area contributed by atoms with Gasteiger partial charge in [0.15, 0.2) is 9.84 Å². The van der Waals surface area contributed by atoms with Crippen LogP contribution in [0.3, 0.4) is 0 Å². The van der Waals surface area contributed by atoms with Gasteiger partial charge >= 0.3 is 0 Å². The number of carbonyl (C=O) groups excluding carboxylic acids is 1. The van der Waals surface area contributed by atoms with Crippen molar-refractivity contribution >= 4 is 33.4 Å². The number of ether oxygens (including phenoxy) is 1. The van der Waals surface area contributed by atoms with Gasteiger partial charge < -0.3 is 9.64 Å². The lowest BCUT2D eigenvalue weighted by Gasteiger charge is -2.29. The number of amides is 1. The number of carbonyl (C=O) groups is 1. The molecule has 2 aliphatic rings. The van der Waals surface area contributed by atoms with Gasteiger partial charge in [0.05, 0.1) is 17.1 Å². The van der Waals surface area contributed by atoms with Crippen molar-refractivity contribution in [3.63, 3.8) is 0 Å². The van der Waals surface area contributed by atoms with Crippen molar-refractivity contribution in [3.05, 3.63) is 34.4 Å². The number of halogens is 1. The molecule has 1 aromatic carbocycles. The predicted molar refractivity (Wildman–Crippen MR) is 89.4 cm³/mol. The van der Waals surface area contributed by atoms with E-state index in [2.05, 4.69) is 0 Å².